The molecule has 2 aromatic carbocycles. The SMILES string of the molecule is O=Cc1c(CO)ccc(S(=O)(=O)N2CCC(Oc3ccc(C(F)(F)F)cc3)CC2)c1C(=O)NO. The van der Waals surface area contributed by atoms with Gasteiger partial charge in [0.1, 0.15) is 11.9 Å². The maximum absolute atomic E-state index is 13.2. The van der Waals surface area contributed by atoms with Crippen LogP contribution in [0.5, 0.6) is 5.75 Å². The summed E-state index contributed by atoms with van der Waals surface area (Å²) < 4.78 is 71.3. The van der Waals surface area contributed by atoms with Gasteiger partial charge in [-0.2, -0.15) is 17.5 Å². The zero-order valence-electron chi connectivity index (χ0n) is 17.6. The Labute approximate surface area is 192 Å². The van der Waals surface area contributed by atoms with Gasteiger partial charge in [-0.1, -0.05) is 6.07 Å². The van der Waals surface area contributed by atoms with E-state index in [9.17, 15) is 36.3 Å². The number of hydrogen-bond donors (Lipinski definition) is 3. The second-order valence-electron chi connectivity index (χ2n) is 7.47. The number of aliphatic hydroxyl groups excluding tert-OH is 1. The van der Waals surface area contributed by atoms with Crippen LogP contribution >= 0.6 is 0 Å². The van der Waals surface area contributed by atoms with Crippen LogP contribution in [0.15, 0.2) is 41.3 Å². The molecular weight excluding hydrogens is 481 g/mol. The number of sulfonamides is 1. The van der Waals surface area contributed by atoms with Crippen LogP contribution in [0.1, 0.15) is 44.7 Å². The highest BCUT2D eigenvalue weighted by molar-refractivity contribution is 7.89. The normalized spacial score (nSPS) is 15.7. The third-order valence-corrected chi connectivity index (χ3v) is 7.36. The van der Waals surface area contributed by atoms with Gasteiger partial charge in [0.05, 0.1) is 22.6 Å². The summed E-state index contributed by atoms with van der Waals surface area (Å²) in [7, 11) is -4.28. The van der Waals surface area contributed by atoms with E-state index in [-0.39, 0.29) is 49.1 Å². The Kier molecular flexibility index (Phi) is 7.60. The van der Waals surface area contributed by atoms with Crippen LogP contribution in [0.25, 0.3) is 0 Å². The molecule has 0 aliphatic carbocycles. The Morgan fingerprint density at radius 1 is 1.15 bits per heavy atom. The van der Waals surface area contributed by atoms with Gasteiger partial charge in [-0.15, -0.1) is 0 Å². The molecule has 3 N–H and O–H groups in total. The predicted molar refractivity (Wildman–Crippen MR) is 111 cm³/mol. The Hall–Kier alpha value is -3.00. The monoisotopic (exact) mass is 502 g/mol. The van der Waals surface area contributed by atoms with Gasteiger partial charge in [0.25, 0.3) is 5.91 Å². The first-order valence-corrected chi connectivity index (χ1v) is 11.5. The Balaban J connectivity index is 1.77. The number of halogens is 3. The van der Waals surface area contributed by atoms with Gasteiger partial charge >= 0.3 is 6.18 Å². The van der Waals surface area contributed by atoms with E-state index in [0.29, 0.717) is 0 Å². The summed E-state index contributed by atoms with van der Waals surface area (Å²) in [4.78, 5) is 23.2. The van der Waals surface area contributed by atoms with E-state index in [0.717, 1.165) is 22.5 Å². The van der Waals surface area contributed by atoms with E-state index >= 15 is 0 Å². The molecule has 1 aliphatic rings. The molecule has 1 heterocycles. The molecule has 0 saturated carbocycles. The van der Waals surface area contributed by atoms with Crippen molar-refractivity contribution in [1.82, 2.24) is 9.79 Å². The van der Waals surface area contributed by atoms with E-state index in [2.05, 4.69) is 0 Å². The minimum absolute atomic E-state index is 0.0104. The minimum atomic E-state index is -4.47. The Morgan fingerprint density at radius 2 is 1.76 bits per heavy atom. The topological polar surface area (TPSA) is 133 Å². The number of aldehydes is 1. The zero-order chi connectivity index (χ0) is 25.1. The van der Waals surface area contributed by atoms with Crippen LogP contribution < -0.4 is 10.2 Å². The number of benzene rings is 2. The molecule has 2 aromatic rings. The number of aliphatic hydroxyl groups is 1. The molecule has 0 aromatic heterocycles. The highest BCUT2D eigenvalue weighted by Gasteiger charge is 2.35. The average Bonchev–Trinajstić information content (AvgIpc) is 2.82. The highest BCUT2D eigenvalue weighted by Crippen LogP contribution is 2.32. The van der Waals surface area contributed by atoms with Gasteiger partial charge in [0, 0.05) is 18.7 Å². The zero-order valence-corrected chi connectivity index (χ0v) is 18.4. The lowest BCUT2D eigenvalue weighted by atomic mass is 10.0. The number of hydrogen-bond acceptors (Lipinski definition) is 7. The number of piperidine rings is 1. The molecule has 3 rings (SSSR count). The van der Waals surface area contributed by atoms with Crippen molar-refractivity contribution >= 4 is 22.2 Å². The largest absolute Gasteiger partial charge is 0.490 e. The first-order chi connectivity index (χ1) is 16.0. The van der Waals surface area contributed by atoms with Crippen molar-refractivity contribution in [3.8, 4) is 5.75 Å². The lowest BCUT2D eigenvalue weighted by molar-refractivity contribution is -0.137. The number of hydroxylamine groups is 1. The van der Waals surface area contributed by atoms with Gasteiger partial charge in [0.2, 0.25) is 10.0 Å². The van der Waals surface area contributed by atoms with Crippen LogP contribution in [0.3, 0.4) is 0 Å². The second-order valence-corrected chi connectivity index (χ2v) is 9.38. The number of rotatable bonds is 7. The number of nitrogens with zero attached hydrogens (tertiary/aromatic N) is 1. The third kappa shape index (κ3) is 5.22. The van der Waals surface area contributed by atoms with E-state index in [4.69, 9.17) is 9.94 Å². The van der Waals surface area contributed by atoms with Gasteiger partial charge in [-0.3, -0.25) is 14.8 Å². The van der Waals surface area contributed by atoms with Crippen molar-refractivity contribution in [2.75, 3.05) is 13.1 Å². The Bertz CT molecular complexity index is 1160. The molecule has 9 nitrogen and oxygen atoms in total. The Morgan fingerprint density at radius 3 is 2.26 bits per heavy atom. The molecule has 1 fully saturated rings. The first-order valence-electron chi connectivity index (χ1n) is 10.0. The number of carbonyl (C=O) groups is 2. The summed E-state index contributed by atoms with van der Waals surface area (Å²) in [6.45, 7) is -0.676. The van der Waals surface area contributed by atoms with Crippen molar-refractivity contribution in [3.63, 3.8) is 0 Å². The van der Waals surface area contributed by atoms with Crippen molar-refractivity contribution < 1.29 is 46.2 Å². The van der Waals surface area contributed by atoms with Gasteiger partial charge in [0.15, 0.2) is 6.29 Å². The molecule has 0 unspecified atom stereocenters. The molecular formula is C21H21F3N2O7S. The quantitative estimate of drug-likeness (QED) is 0.301. The molecule has 13 heteroatoms. The number of nitrogens with one attached hydrogen (secondary N) is 1. The summed E-state index contributed by atoms with van der Waals surface area (Å²) in [6.07, 6.45) is -4.26. The van der Waals surface area contributed by atoms with Crippen LogP contribution in [-0.4, -0.2) is 54.4 Å². The minimum Gasteiger partial charge on any atom is -0.490 e. The van der Waals surface area contributed by atoms with Crippen molar-refractivity contribution in [2.45, 2.75) is 36.6 Å². The van der Waals surface area contributed by atoms with Crippen LogP contribution in [0.2, 0.25) is 0 Å². The average molecular weight is 502 g/mol. The molecule has 0 spiro atoms. The van der Waals surface area contributed by atoms with E-state index in [1.807, 2.05) is 0 Å². The van der Waals surface area contributed by atoms with Crippen LogP contribution in [0, 0.1) is 0 Å². The summed E-state index contributed by atoms with van der Waals surface area (Å²) >= 11 is 0. The molecule has 1 amide bonds. The molecule has 1 saturated heterocycles. The fourth-order valence-corrected chi connectivity index (χ4v) is 5.33. The molecule has 34 heavy (non-hydrogen) atoms. The summed E-state index contributed by atoms with van der Waals surface area (Å²) in [5.74, 6) is -1.01. The van der Waals surface area contributed by atoms with E-state index in [1.54, 1.807) is 0 Å². The number of alkyl halides is 3. The number of amides is 1. The lowest BCUT2D eigenvalue weighted by Crippen LogP contribution is -2.42. The van der Waals surface area contributed by atoms with Crippen LogP contribution in [0.4, 0.5) is 13.2 Å². The molecule has 0 atom stereocenters. The third-order valence-electron chi connectivity index (χ3n) is 5.42. The maximum atomic E-state index is 13.2. The number of ether oxygens (including phenoxy) is 1. The summed E-state index contributed by atoms with van der Waals surface area (Å²) in [5, 5.41) is 18.4. The van der Waals surface area contributed by atoms with Gasteiger partial charge in [-0.25, -0.2) is 13.9 Å². The fraction of sp³-hybridized carbons (Fsp3) is 0.333. The van der Waals surface area contributed by atoms with Crippen LogP contribution in [-0.2, 0) is 22.8 Å². The molecule has 184 valence electrons. The standard InChI is InChI=1S/C21H21F3N2O7S/c22-21(23,24)14-2-4-15(5-3-14)33-16-7-9-26(10-8-16)34(31,32)18-6-1-13(11-27)17(12-28)19(18)20(29)25-30/h1-6,12,16,27,30H,7-11H2,(H,25,29). The van der Waals surface area contributed by atoms with Crippen molar-refractivity contribution in [1.29, 1.82) is 0 Å². The maximum Gasteiger partial charge on any atom is 0.416 e. The highest BCUT2D eigenvalue weighted by atomic mass is 32.2. The lowest BCUT2D eigenvalue weighted by Gasteiger charge is -2.32. The second kappa shape index (κ2) is 10.1. The van der Waals surface area contributed by atoms with E-state index in [1.165, 1.54) is 23.7 Å². The molecule has 1 aliphatic heterocycles. The predicted octanol–water partition coefficient (Wildman–Crippen LogP) is 2.36. The molecule has 0 bridgehead atoms. The van der Waals surface area contributed by atoms with Crippen molar-refractivity contribution in [3.05, 3.63) is 58.7 Å². The number of carbonyl (C=O) groups excluding carboxylic acids is 2. The summed E-state index contributed by atoms with van der Waals surface area (Å²) in [6, 6.07) is 6.44. The van der Waals surface area contributed by atoms with Gasteiger partial charge in [-0.05, 0) is 48.7 Å². The van der Waals surface area contributed by atoms with Gasteiger partial charge < -0.3 is 9.84 Å². The summed E-state index contributed by atoms with van der Waals surface area (Å²) in [5.41, 5.74) is -0.442. The fourth-order valence-electron chi connectivity index (χ4n) is 3.66. The molecule has 0 radical (unpaired) electrons. The smallest absolute Gasteiger partial charge is 0.416 e. The first kappa shape index (κ1) is 25.6. The van der Waals surface area contributed by atoms with Crippen molar-refractivity contribution in [2.24, 2.45) is 0 Å². The van der Waals surface area contributed by atoms with E-state index < -0.39 is 50.8 Å².